The van der Waals surface area contributed by atoms with E-state index >= 15 is 0 Å². The summed E-state index contributed by atoms with van der Waals surface area (Å²) < 4.78 is 5.25. The van der Waals surface area contributed by atoms with Crippen molar-refractivity contribution in [1.29, 1.82) is 0 Å². The van der Waals surface area contributed by atoms with Crippen LogP contribution >= 0.6 is 0 Å². The second-order valence-corrected chi connectivity index (χ2v) is 5.37. The molecule has 2 N–H and O–H groups in total. The Hall–Kier alpha value is -1.88. The van der Waals surface area contributed by atoms with Crippen molar-refractivity contribution in [3.8, 4) is 0 Å². The Morgan fingerprint density at radius 1 is 1.30 bits per heavy atom. The average Bonchev–Trinajstić information content (AvgIpc) is 2.76. The third-order valence-electron chi connectivity index (χ3n) is 3.19. The van der Waals surface area contributed by atoms with Gasteiger partial charge in [-0.3, -0.25) is 15.1 Å². The largest absolute Gasteiger partial charge is 0.381 e. The Bertz CT molecular complexity index is 499. The van der Waals surface area contributed by atoms with E-state index in [1.54, 1.807) is 7.11 Å². The monoisotopic (exact) mass is 275 g/mol. The lowest BCUT2D eigenvalue weighted by Crippen LogP contribution is -2.47. The summed E-state index contributed by atoms with van der Waals surface area (Å²) in [6, 6.07) is 9.56. The summed E-state index contributed by atoms with van der Waals surface area (Å²) >= 11 is 0. The molecule has 0 bridgehead atoms. The SMILES string of the molecule is COCC1(c2ccccc2)NC(=NCC(C)C)NC1=O. The number of carbonyl (C=O) groups excluding carboxylic acids is 1. The molecule has 0 saturated carbocycles. The summed E-state index contributed by atoms with van der Waals surface area (Å²) in [6.07, 6.45) is 0. The van der Waals surface area contributed by atoms with Crippen molar-refractivity contribution in [3.05, 3.63) is 35.9 Å². The predicted molar refractivity (Wildman–Crippen MR) is 78.4 cm³/mol. The smallest absolute Gasteiger partial charge is 0.259 e. The number of hydrogen-bond acceptors (Lipinski definition) is 3. The van der Waals surface area contributed by atoms with Gasteiger partial charge in [-0.1, -0.05) is 44.2 Å². The molecular weight excluding hydrogens is 254 g/mol. The first-order valence-corrected chi connectivity index (χ1v) is 6.77. The van der Waals surface area contributed by atoms with Gasteiger partial charge in [0.15, 0.2) is 11.5 Å². The highest BCUT2D eigenvalue weighted by Gasteiger charge is 2.46. The zero-order valence-electron chi connectivity index (χ0n) is 12.1. The number of nitrogens with zero attached hydrogens (tertiary/aromatic N) is 1. The minimum absolute atomic E-state index is 0.131. The third-order valence-corrected chi connectivity index (χ3v) is 3.19. The third kappa shape index (κ3) is 2.82. The molecular formula is C15H21N3O2. The first-order valence-electron chi connectivity index (χ1n) is 6.77. The fourth-order valence-corrected chi connectivity index (χ4v) is 2.18. The number of aliphatic imine (C=N–C) groups is 1. The maximum absolute atomic E-state index is 12.4. The molecule has 0 aliphatic carbocycles. The number of benzene rings is 1. The van der Waals surface area contributed by atoms with Gasteiger partial charge in [-0.15, -0.1) is 0 Å². The van der Waals surface area contributed by atoms with Crippen LogP contribution in [0.25, 0.3) is 0 Å². The van der Waals surface area contributed by atoms with Crippen LogP contribution in [0.15, 0.2) is 35.3 Å². The van der Waals surface area contributed by atoms with E-state index in [0.717, 1.165) is 5.56 Å². The maximum Gasteiger partial charge on any atom is 0.259 e. The normalized spacial score (nSPS) is 24.0. The van der Waals surface area contributed by atoms with Gasteiger partial charge in [-0.25, -0.2) is 0 Å². The molecule has 108 valence electrons. The van der Waals surface area contributed by atoms with E-state index in [1.165, 1.54) is 0 Å². The second kappa shape index (κ2) is 6.05. The van der Waals surface area contributed by atoms with Crippen molar-refractivity contribution in [3.63, 3.8) is 0 Å². The van der Waals surface area contributed by atoms with E-state index in [9.17, 15) is 4.79 Å². The molecule has 1 atom stereocenters. The van der Waals surface area contributed by atoms with Gasteiger partial charge in [0.25, 0.3) is 5.91 Å². The van der Waals surface area contributed by atoms with Crippen LogP contribution in [0.5, 0.6) is 0 Å². The van der Waals surface area contributed by atoms with Gasteiger partial charge >= 0.3 is 0 Å². The highest BCUT2D eigenvalue weighted by molar-refractivity contribution is 6.09. The van der Waals surface area contributed by atoms with Gasteiger partial charge in [0.05, 0.1) is 6.61 Å². The van der Waals surface area contributed by atoms with Crippen molar-refractivity contribution in [2.24, 2.45) is 10.9 Å². The molecule has 1 amide bonds. The minimum Gasteiger partial charge on any atom is -0.381 e. The highest BCUT2D eigenvalue weighted by atomic mass is 16.5. The van der Waals surface area contributed by atoms with E-state index in [-0.39, 0.29) is 12.5 Å². The predicted octanol–water partition coefficient (Wildman–Crippen LogP) is 1.26. The Morgan fingerprint density at radius 3 is 2.60 bits per heavy atom. The van der Waals surface area contributed by atoms with E-state index < -0.39 is 5.54 Å². The summed E-state index contributed by atoms with van der Waals surface area (Å²) in [5, 5.41) is 5.99. The molecule has 0 radical (unpaired) electrons. The van der Waals surface area contributed by atoms with Crippen molar-refractivity contribution in [2.45, 2.75) is 19.4 Å². The Kier molecular flexibility index (Phi) is 4.39. The topological polar surface area (TPSA) is 62.7 Å². The fourth-order valence-electron chi connectivity index (χ4n) is 2.18. The van der Waals surface area contributed by atoms with Crippen molar-refractivity contribution in [1.82, 2.24) is 10.6 Å². The maximum atomic E-state index is 12.4. The lowest BCUT2D eigenvalue weighted by molar-refractivity contribution is -0.126. The molecule has 1 aromatic carbocycles. The van der Waals surface area contributed by atoms with E-state index in [0.29, 0.717) is 18.4 Å². The van der Waals surface area contributed by atoms with Crippen molar-refractivity contribution < 1.29 is 9.53 Å². The van der Waals surface area contributed by atoms with Gasteiger partial charge in [-0.05, 0) is 11.5 Å². The molecule has 5 heteroatoms. The zero-order chi connectivity index (χ0) is 14.6. The van der Waals surface area contributed by atoms with Crippen LogP contribution in [0.2, 0.25) is 0 Å². The van der Waals surface area contributed by atoms with Crippen molar-refractivity contribution in [2.75, 3.05) is 20.3 Å². The van der Waals surface area contributed by atoms with E-state index in [2.05, 4.69) is 29.5 Å². The van der Waals surface area contributed by atoms with Gasteiger partial charge in [-0.2, -0.15) is 0 Å². The number of nitrogens with one attached hydrogen (secondary N) is 2. The van der Waals surface area contributed by atoms with Crippen LogP contribution in [0.1, 0.15) is 19.4 Å². The van der Waals surface area contributed by atoms with Gasteiger partial charge in [0, 0.05) is 13.7 Å². The van der Waals surface area contributed by atoms with Crippen LogP contribution in [-0.2, 0) is 15.1 Å². The number of carbonyl (C=O) groups is 1. The molecule has 2 rings (SSSR count). The Labute approximate surface area is 119 Å². The lowest BCUT2D eigenvalue weighted by Gasteiger charge is -2.26. The summed E-state index contributed by atoms with van der Waals surface area (Å²) in [5.74, 6) is 0.827. The average molecular weight is 275 g/mol. The summed E-state index contributed by atoms with van der Waals surface area (Å²) in [4.78, 5) is 16.8. The first-order chi connectivity index (χ1) is 9.58. The number of amides is 1. The number of guanidine groups is 1. The van der Waals surface area contributed by atoms with Crippen LogP contribution in [-0.4, -0.2) is 32.1 Å². The molecule has 5 nitrogen and oxygen atoms in total. The van der Waals surface area contributed by atoms with Crippen LogP contribution in [0.3, 0.4) is 0 Å². The lowest BCUT2D eigenvalue weighted by atomic mass is 9.91. The number of methoxy groups -OCH3 is 1. The Balaban J connectivity index is 2.30. The molecule has 1 heterocycles. The number of hydrogen-bond donors (Lipinski definition) is 2. The summed E-state index contributed by atoms with van der Waals surface area (Å²) in [5.41, 5.74) is -0.0275. The molecule has 1 saturated heterocycles. The standard InChI is InChI=1S/C15H21N3O2/c1-11(2)9-16-14-17-13(19)15(18-14,10-20-3)12-7-5-4-6-8-12/h4-8,11H,9-10H2,1-3H3,(H2,16,17,18,19). The van der Waals surface area contributed by atoms with Crippen LogP contribution in [0, 0.1) is 5.92 Å². The van der Waals surface area contributed by atoms with Crippen molar-refractivity contribution >= 4 is 11.9 Å². The van der Waals surface area contributed by atoms with Crippen LogP contribution < -0.4 is 10.6 Å². The van der Waals surface area contributed by atoms with E-state index in [1.807, 2.05) is 30.3 Å². The number of ether oxygens (including phenoxy) is 1. The fraction of sp³-hybridized carbons (Fsp3) is 0.467. The van der Waals surface area contributed by atoms with Crippen LogP contribution in [0.4, 0.5) is 0 Å². The molecule has 1 aliphatic rings. The number of rotatable bonds is 5. The Morgan fingerprint density at radius 2 is 2.00 bits per heavy atom. The molecule has 20 heavy (non-hydrogen) atoms. The van der Waals surface area contributed by atoms with Gasteiger partial charge < -0.3 is 10.1 Å². The second-order valence-electron chi connectivity index (χ2n) is 5.37. The summed E-state index contributed by atoms with van der Waals surface area (Å²) in [6.45, 7) is 5.09. The molecule has 1 aliphatic heterocycles. The van der Waals surface area contributed by atoms with E-state index in [4.69, 9.17) is 4.74 Å². The zero-order valence-corrected chi connectivity index (χ0v) is 12.1. The van der Waals surface area contributed by atoms with Gasteiger partial charge in [0.2, 0.25) is 0 Å². The molecule has 1 aromatic rings. The molecule has 1 unspecified atom stereocenters. The molecule has 0 spiro atoms. The molecule has 1 fully saturated rings. The highest BCUT2D eigenvalue weighted by Crippen LogP contribution is 2.25. The first kappa shape index (κ1) is 14.5. The summed E-state index contributed by atoms with van der Waals surface area (Å²) in [7, 11) is 1.59. The minimum atomic E-state index is -0.897. The quantitative estimate of drug-likeness (QED) is 0.850. The molecule has 0 aromatic heterocycles. The van der Waals surface area contributed by atoms with Gasteiger partial charge in [0.1, 0.15) is 0 Å².